The molecule has 78 valence electrons. The highest BCUT2D eigenvalue weighted by Gasteiger charge is 2.08. The van der Waals surface area contributed by atoms with Crippen LogP contribution in [0.1, 0.15) is 32.8 Å². The van der Waals surface area contributed by atoms with Crippen LogP contribution in [0.15, 0.2) is 24.3 Å². The van der Waals surface area contributed by atoms with Crippen LogP contribution in [0, 0.1) is 12.8 Å². The summed E-state index contributed by atoms with van der Waals surface area (Å²) < 4.78 is 0. The summed E-state index contributed by atoms with van der Waals surface area (Å²) in [5, 5.41) is 3.52. The number of rotatable bonds is 4. The molecule has 14 heavy (non-hydrogen) atoms. The Hall–Kier alpha value is -0.980. The molecular weight excluding hydrogens is 170 g/mol. The van der Waals surface area contributed by atoms with E-state index in [0.29, 0.717) is 6.04 Å². The molecule has 0 aliphatic heterocycles. The van der Waals surface area contributed by atoms with Gasteiger partial charge in [0.2, 0.25) is 0 Å². The van der Waals surface area contributed by atoms with Gasteiger partial charge in [0.1, 0.15) is 0 Å². The van der Waals surface area contributed by atoms with Crippen LogP contribution in [0.2, 0.25) is 0 Å². The zero-order valence-electron chi connectivity index (χ0n) is 9.67. The maximum atomic E-state index is 3.52. The summed E-state index contributed by atoms with van der Waals surface area (Å²) in [6.45, 7) is 8.87. The number of hydrogen-bond donors (Lipinski definition) is 1. The van der Waals surface area contributed by atoms with Crippen molar-refractivity contribution >= 4 is 5.69 Å². The second-order valence-electron chi connectivity index (χ2n) is 4.18. The molecule has 2 atom stereocenters. The molecule has 0 radical (unpaired) electrons. The molecule has 1 aromatic rings. The second kappa shape index (κ2) is 5.04. The van der Waals surface area contributed by atoms with Gasteiger partial charge in [0, 0.05) is 11.7 Å². The molecule has 0 bridgehead atoms. The number of anilines is 1. The fourth-order valence-corrected chi connectivity index (χ4v) is 1.41. The third-order valence-electron chi connectivity index (χ3n) is 2.94. The Morgan fingerprint density at radius 1 is 1.14 bits per heavy atom. The van der Waals surface area contributed by atoms with Gasteiger partial charge in [-0.3, -0.25) is 0 Å². The van der Waals surface area contributed by atoms with Crippen LogP contribution >= 0.6 is 0 Å². The van der Waals surface area contributed by atoms with Crippen LogP contribution < -0.4 is 5.32 Å². The molecule has 0 amide bonds. The SMILES string of the molecule is CCC(C)C(C)Nc1ccc(C)cc1. The van der Waals surface area contributed by atoms with E-state index in [9.17, 15) is 0 Å². The van der Waals surface area contributed by atoms with Gasteiger partial charge in [-0.2, -0.15) is 0 Å². The average molecular weight is 191 g/mol. The average Bonchev–Trinajstić information content (AvgIpc) is 2.20. The van der Waals surface area contributed by atoms with Gasteiger partial charge in [-0.05, 0) is 31.9 Å². The first-order valence-electron chi connectivity index (χ1n) is 5.46. The number of aryl methyl sites for hydroxylation is 1. The Bertz CT molecular complexity index is 263. The van der Waals surface area contributed by atoms with Crippen molar-refractivity contribution in [3.8, 4) is 0 Å². The van der Waals surface area contributed by atoms with E-state index in [1.165, 1.54) is 17.7 Å². The van der Waals surface area contributed by atoms with Crippen LogP contribution in [0.3, 0.4) is 0 Å². The quantitative estimate of drug-likeness (QED) is 0.762. The van der Waals surface area contributed by atoms with Crippen molar-refractivity contribution in [3.05, 3.63) is 29.8 Å². The molecule has 1 heteroatoms. The first-order chi connectivity index (χ1) is 6.63. The lowest BCUT2D eigenvalue weighted by atomic mass is 10.0. The van der Waals surface area contributed by atoms with Gasteiger partial charge in [-0.15, -0.1) is 0 Å². The predicted octanol–water partition coefficient (Wildman–Crippen LogP) is 3.84. The minimum atomic E-state index is 0.544. The highest BCUT2D eigenvalue weighted by atomic mass is 14.9. The van der Waals surface area contributed by atoms with E-state index in [-0.39, 0.29) is 0 Å². The third kappa shape index (κ3) is 3.06. The lowest BCUT2D eigenvalue weighted by Crippen LogP contribution is -2.23. The van der Waals surface area contributed by atoms with Gasteiger partial charge in [0.25, 0.3) is 0 Å². The van der Waals surface area contributed by atoms with Gasteiger partial charge >= 0.3 is 0 Å². The minimum Gasteiger partial charge on any atom is -0.382 e. The van der Waals surface area contributed by atoms with E-state index in [1.54, 1.807) is 0 Å². The van der Waals surface area contributed by atoms with Crippen LogP contribution in [0.5, 0.6) is 0 Å². The molecule has 2 unspecified atom stereocenters. The molecule has 0 saturated carbocycles. The Kier molecular flexibility index (Phi) is 3.99. The van der Waals surface area contributed by atoms with E-state index in [0.717, 1.165) is 5.92 Å². The zero-order valence-corrected chi connectivity index (χ0v) is 9.67. The molecule has 0 aliphatic rings. The van der Waals surface area contributed by atoms with E-state index in [4.69, 9.17) is 0 Å². The van der Waals surface area contributed by atoms with Crippen molar-refractivity contribution in [1.82, 2.24) is 0 Å². The number of benzene rings is 1. The van der Waals surface area contributed by atoms with Gasteiger partial charge in [0.15, 0.2) is 0 Å². The molecule has 1 N–H and O–H groups in total. The number of nitrogens with one attached hydrogen (secondary N) is 1. The highest BCUT2D eigenvalue weighted by molar-refractivity contribution is 5.45. The van der Waals surface area contributed by atoms with Gasteiger partial charge in [0.05, 0.1) is 0 Å². The summed E-state index contributed by atoms with van der Waals surface area (Å²) in [5.41, 5.74) is 2.54. The first-order valence-corrected chi connectivity index (χ1v) is 5.46. The maximum absolute atomic E-state index is 3.52. The van der Waals surface area contributed by atoms with Crippen molar-refractivity contribution in [2.24, 2.45) is 5.92 Å². The van der Waals surface area contributed by atoms with Crippen molar-refractivity contribution in [1.29, 1.82) is 0 Å². The van der Waals surface area contributed by atoms with E-state index in [1.807, 2.05) is 0 Å². The molecule has 0 aliphatic carbocycles. The molecule has 0 aromatic heterocycles. The molecule has 0 fully saturated rings. The summed E-state index contributed by atoms with van der Waals surface area (Å²) in [6, 6.07) is 9.13. The molecular formula is C13H21N. The van der Waals surface area contributed by atoms with E-state index >= 15 is 0 Å². The maximum Gasteiger partial charge on any atom is 0.0342 e. The van der Waals surface area contributed by atoms with E-state index < -0.39 is 0 Å². The lowest BCUT2D eigenvalue weighted by molar-refractivity contribution is 0.494. The molecule has 1 rings (SSSR count). The highest BCUT2D eigenvalue weighted by Crippen LogP contribution is 2.15. The Balaban J connectivity index is 2.56. The summed E-state index contributed by atoms with van der Waals surface area (Å²) in [5.74, 6) is 0.719. The van der Waals surface area contributed by atoms with Crippen LogP contribution in [0.25, 0.3) is 0 Å². The van der Waals surface area contributed by atoms with Crippen molar-refractivity contribution in [3.63, 3.8) is 0 Å². The number of hydrogen-bond acceptors (Lipinski definition) is 1. The third-order valence-corrected chi connectivity index (χ3v) is 2.94. The van der Waals surface area contributed by atoms with Crippen LogP contribution in [-0.2, 0) is 0 Å². The Labute approximate surface area is 87.5 Å². The predicted molar refractivity (Wildman–Crippen MR) is 63.7 cm³/mol. The summed E-state index contributed by atoms with van der Waals surface area (Å²) in [6.07, 6.45) is 1.22. The largest absolute Gasteiger partial charge is 0.382 e. The summed E-state index contributed by atoms with van der Waals surface area (Å²) in [4.78, 5) is 0. The second-order valence-corrected chi connectivity index (χ2v) is 4.18. The topological polar surface area (TPSA) is 12.0 Å². The molecule has 0 heterocycles. The summed E-state index contributed by atoms with van der Waals surface area (Å²) >= 11 is 0. The van der Waals surface area contributed by atoms with Crippen molar-refractivity contribution < 1.29 is 0 Å². The lowest BCUT2D eigenvalue weighted by Gasteiger charge is -2.21. The zero-order chi connectivity index (χ0) is 10.6. The standard InChI is InChI=1S/C13H21N/c1-5-11(3)12(4)14-13-8-6-10(2)7-9-13/h6-9,11-12,14H,5H2,1-4H3. The van der Waals surface area contributed by atoms with Gasteiger partial charge < -0.3 is 5.32 Å². The Morgan fingerprint density at radius 2 is 1.71 bits per heavy atom. The first kappa shape index (κ1) is 11.1. The van der Waals surface area contributed by atoms with Gasteiger partial charge in [-0.1, -0.05) is 38.0 Å². The van der Waals surface area contributed by atoms with Crippen molar-refractivity contribution in [2.45, 2.75) is 40.2 Å². The van der Waals surface area contributed by atoms with Crippen LogP contribution in [0.4, 0.5) is 5.69 Å². The fourth-order valence-electron chi connectivity index (χ4n) is 1.41. The summed E-state index contributed by atoms with van der Waals surface area (Å²) in [7, 11) is 0. The Morgan fingerprint density at radius 3 is 2.21 bits per heavy atom. The van der Waals surface area contributed by atoms with Crippen molar-refractivity contribution in [2.75, 3.05) is 5.32 Å². The molecule has 0 spiro atoms. The molecule has 1 nitrogen and oxygen atoms in total. The fraction of sp³-hybridized carbons (Fsp3) is 0.538. The monoisotopic (exact) mass is 191 g/mol. The van der Waals surface area contributed by atoms with Gasteiger partial charge in [-0.25, -0.2) is 0 Å². The van der Waals surface area contributed by atoms with E-state index in [2.05, 4.69) is 57.3 Å². The smallest absolute Gasteiger partial charge is 0.0342 e. The minimum absolute atomic E-state index is 0.544. The molecule has 0 saturated heterocycles. The normalized spacial score (nSPS) is 14.9. The molecule has 1 aromatic carbocycles. The van der Waals surface area contributed by atoms with Crippen LogP contribution in [-0.4, -0.2) is 6.04 Å².